The maximum absolute atomic E-state index is 12.6. The Morgan fingerprint density at radius 1 is 1.13 bits per heavy atom. The molecule has 0 atom stereocenters. The minimum Gasteiger partial charge on any atom is -0.454 e. The van der Waals surface area contributed by atoms with E-state index in [0.29, 0.717) is 25.5 Å². The number of aromatic nitrogens is 1. The molecule has 6 nitrogen and oxygen atoms in total. The van der Waals surface area contributed by atoms with Crippen molar-refractivity contribution in [3.63, 3.8) is 0 Å². The van der Waals surface area contributed by atoms with Crippen molar-refractivity contribution < 1.29 is 19.0 Å². The van der Waals surface area contributed by atoms with Gasteiger partial charge in [-0.2, -0.15) is 0 Å². The molecule has 0 spiro atoms. The van der Waals surface area contributed by atoms with Gasteiger partial charge in [0.25, 0.3) is 0 Å². The largest absolute Gasteiger partial charge is 0.454 e. The number of nitrogens with one attached hydrogen (secondary N) is 1. The number of thiazole rings is 1. The van der Waals surface area contributed by atoms with Crippen molar-refractivity contribution in [3.8, 4) is 11.5 Å². The highest BCUT2D eigenvalue weighted by molar-refractivity contribution is 7.99. The number of hydrogen-bond acceptors (Lipinski definition) is 7. The lowest BCUT2D eigenvalue weighted by Crippen LogP contribution is -2.45. The number of carbonyl (C=O) groups excluding carboxylic acids is 1. The summed E-state index contributed by atoms with van der Waals surface area (Å²) < 4.78 is 17.8. The zero-order valence-corrected chi connectivity index (χ0v) is 18.7. The Bertz CT molecular complexity index is 1050. The zero-order valence-electron chi connectivity index (χ0n) is 17.1. The Hall–Kier alpha value is -2.29. The monoisotopic (exact) mass is 456 g/mol. The molecular weight excluding hydrogens is 432 g/mol. The molecule has 1 fully saturated rings. The van der Waals surface area contributed by atoms with Crippen LogP contribution in [0.5, 0.6) is 11.5 Å². The number of ether oxygens (including phenoxy) is 3. The van der Waals surface area contributed by atoms with Gasteiger partial charge in [0, 0.05) is 30.9 Å². The van der Waals surface area contributed by atoms with Crippen molar-refractivity contribution in [1.29, 1.82) is 0 Å². The molecule has 2 aromatic carbocycles. The molecule has 31 heavy (non-hydrogen) atoms. The van der Waals surface area contributed by atoms with Crippen LogP contribution in [0.1, 0.15) is 23.4 Å². The highest BCUT2D eigenvalue weighted by atomic mass is 32.2. The van der Waals surface area contributed by atoms with Crippen LogP contribution in [0.25, 0.3) is 10.2 Å². The van der Waals surface area contributed by atoms with E-state index in [1.807, 2.05) is 24.3 Å². The van der Waals surface area contributed by atoms with Crippen LogP contribution in [0.2, 0.25) is 0 Å². The van der Waals surface area contributed by atoms with E-state index < -0.39 is 0 Å². The van der Waals surface area contributed by atoms with Crippen molar-refractivity contribution in [2.45, 2.75) is 24.0 Å². The fourth-order valence-corrected chi connectivity index (χ4v) is 5.96. The molecule has 5 rings (SSSR count). The van der Waals surface area contributed by atoms with Crippen LogP contribution in [-0.4, -0.2) is 43.2 Å². The van der Waals surface area contributed by atoms with Gasteiger partial charge < -0.3 is 19.5 Å². The second kappa shape index (κ2) is 9.06. The molecule has 0 aliphatic carbocycles. The first-order valence-corrected chi connectivity index (χ1v) is 12.4. The van der Waals surface area contributed by atoms with Crippen LogP contribution in [0.4, 0.5) is 0 Å². The van der Waals surface area contributed by atoms with Gasteiger partial charge in [-0.25, -0.2) is 4.98 Å². The molecule has 0 radical (unpaired) electrons. The Labute approximate surface area is 189 Å². The van der Waals surface area contributed by atoms with Gasteiger partial charge in [0.2, 0.25) is 12.7 Å². The lowest BCUT2D eigenvalue weighted by molar-refractivity contribution is -0.119. The summed E-state index contributed by atoms with van der Waals surface area (Å²) in [5, 5.41) is 4.22. The zero-order chi connectivity index (χ0) is 21.1. The first-order valence-electron chi connectivity index (χ1n) is 10.4. The summed E-state index contributed by atoms with van der Waals surface area (Å²) in [4.78, 5) is 17.2. The highest BCUT2D eigenvalue weighted by Gasteiger charge is 2.36. The Morgan fingerprint density at radius 3 is 2.84 bits per heavy atom. The molecule has 3 heterocycles. The van der Waals surface area contributed by atoms with E-state index in [0.717, 1.165) is 40.6 Å². The molecule has 0 bridgehead atoms. The van der Waals surface area contributed by atoms with E-state index in [1.165, 1.54) is 10.3 Å². The Morgan fingerprint density at radius 2 is 1.97 bits per heavy atom. The average Bonchev–Trinajstić information content (AvgIpc) is 3.44. The van der Waals surface area contributed by atoms with Crippen LogP contribution in [0.15, 0.2) is 42.5 Å². The smallest absolute Gasteiger partial charge is 0.231 e. The number of thioether (sulfide) groups is 1. The van der Waals surface area contributed by atoms with Crippen LogP contribution >= 0.6 is 23.1 Å². The molecule has 1 aromatic heterocycles. The Kier molecular flexibility index (Phi) is 6.02. The van der Waals surface area contributed by atoms with E-state index in [1.54, 1.807) is 23.1 Å². The van der Waals surface area contributed by atoms with E-state index in [-0.39, 0.29) is 18.1 Å². The molecule has 8 heteroatoms. The van der Waals surface area contributed by atoms with Crippen molar-refractivity contribution in [2.75, 3.05) is 32.3 Å². The molecule has 0 saturated carbocycles. The molecule has 2 aliphatic heterocycles. The summed E-state index contributed by atoms with van der Waals surface area (Å²) in [6.45, 7) is 2.24. The standard InChI is InChI=1S/C23H24N2O4S2/c26-21(12-30-13-22-25-17-3-1-2-4-20(17)31-22)24-14-23(7-9-27-10-8-23)16-5-6-18-19(11-16)29-15-28-18/h1-6,11H,7-10,12-15H2,(H,24,26). The van der Waals surface area contributed by atoms with E-state index in [9.17, 15) is 4.79 Å². The summed E-state index contributed by atoms with van der Waals surface area (Å²) in [6, 6.07) is 14.2. The van der Waals surface area contributed by atoms with Crippen LogP contribution in [-0.2, 0) is 20.7 Å². The van der Waals surface area contributed by atoms with Gasteiger partial charge in [0.05, 0.1) is 16.0 Å². The first kappa shape index (κ1) is 20.6. The van der Waals surface area contributed by atoms with Crippen LogP contribution in [0, 0.1) is 0 Å². The van der Waals surface area contributed by atoms with E-state index in [2.05, 4.69) is 28.5 Å². The minimum absolute atomic E-state index is 0.0534. The summed E-state index contributed by atoms with van der Waals surface area (Å²) in [7, 11) is 0. The van der Waals surface area contributed by atoms with Gasteiger partial charge in [0.15, 0.2) is 11.5 Å². The van der Waals surface area contributed by atoms with Crippen molar-refractivity contribution >= 4 is 39.2 Å². The first-order chi connectivity index (χ1) is 15.2. The van der Waals surface area contributed by atoms with E-state index >= 15 is 0 Å². The molecule has 1 saturated heterocycles. The number of nitrogens with zero attached hydrogens (tertiary/aromatic N) is 1. The number of carbonyl (C=O) groups is 1. The summed E-state index contributed by atoms with van der Waals surface area (Å²) in [6.07, 6.45) is 1.73. The normalized spacial score (nSPS) is 17.0. The van der Waals surface area contributed by atoms with Gasteiger partial charge in [-0.15, -0.1) is 23.1 Å². The third-order valence-corrected chi connectivity index (χ3v) is 8.02. The molecule has 1 amide bonds. The second-order valence-corrected chi connectivity index (χ2v) is 9.91. The van der Waals surface area contributed by atoms with Crippen LogP contribution < -0.4 is 14.8 Å². The molecule has 0 unspecified atom stereocenters. The van der Waals surface area contributed by atoms with Crippen molar-refractivity contribution in [3.05, 3.63) is 53.0 Å². The molecule has 1 N–H and O–H groups in total. The topological polar surface area (TPSA) is 69.7 Å². The predicted octanol–water partition coefficient (Wildman–Crippen LogP) is 4.12. The minimum atomic E-state index is -0.146. The second-order valence-electron chi connectivity index (χ2n) is 7.81. The average molecular weight is 457 g/mol. The lowest BCUT2D eigenvalue weighted by atomic mass is 9.74. The Balaban J connectivity index is 1.18. The molecule has 162 valence electrons. The van der Waals surface area contributed by atoms with Gasteiger partial charge in [0.1, 0.15) is 5.01 Å². The number of benzene rings is 2. The number of rotatable bonds is 7. The van der Waals surface area contributed by atoms with Gasteiger partial charge in [-0.05, 0) is 42.7 Å². The fourth-order valence-electron chi connectivity index (χ4n) is 4.09. The number of fused-ring (bicyclic) bond motifs is 2. The fraction of sp³-hybridized carbons (Fsp3) is 0.391. The van der Waals surface area contributed by atoms with Crippen molar-refractivity contribution in [1.82, 2.24) is 10.3 Å². The number of hydrogen-bond donors (Lipinski definition) is 1. The van der Waals surface area contributed by atoms with Crippen molar-refractivity contribution in [2.24, 2.45) is 0 Å². The number of para-hydroxylation sites is 1. The summed E-state index contributed by atoms with van der Waals surface area (Å²) in [5.41, 5.74) is 2.05. The van der Waals surface area contributed by atoms with Gasteiger partial charge in [-0.1, -0.05) is 18.2 Å². The summed E-state index contributed by atoms with van der Waals surface area (Å²) in [5.74, 6) is 2.78. The maximum atomic E-state index is 12.6. The SMILES string of the molecule is O=C(CSCc1nc2ccccc2s1)NCC1(c2ccc3c(c2)OCO3)CCOCC1. The van der Waals surface area contributed by atoms with Gasteiger partial charge in [-0.3, -0.25) is 4.79 Å². The molecule has 3 aromatic rings. The lowest BCUT2D eigenvalue weighted by Gasteiger charge is -2.38. The predicted molar refractivity (Wildman–Crippen MR) is 123 cm³/mol. The third kappa shape index (κ3) is 4.51. The van der Waals surface area contributed by atoms with Crippen LogP contribution in [0.3, 0.4) is 0 Å². The summed E-state index contributed by atoms with van der Waals surface area (Å²) >= 11 is 3.29. The van der Waals surface area contributed by atoms with E-state index in [4.69, 9.17) is 14.2 Å². The maximum Gasteiger partial charge on any atom is 0.231 e. The third-order valence-electron chi connectivity index (χ3n) is 5.86. The highest BCUT2D eigenvalue weighted by Crippen LogP contribution is 2.40. The number of amides is 1. The quantitative estimate of drug-likeness (QED) is 0.577. The van der Waals surface area contributed by atoms with Gasteiger partial charge >= 0.3 is 0 Å². The molecule has 2 aliphatic rings. The molecular formula is C23H24N2O4S2.